The number of nitrogens with zero attached hydrogens (tertiary/aromatic N) is 2. The number of benzene rings is 1. The molecular formula is C20H24ClN3O2S. The van der Waals surface area contributed by atoms with E-state index in [9.17, 15) is 0 Å². The van der Waals surface area contributed by atoms with Crippen LogP contribution in [0, 0.1) is 0 Å². The van der Waals surface area contributed by atoms with Crippen LogP contribution in [0.15, 0.2) is 41.7 Å². The number of hydrogen-bond acceptors (Lipinski definition) is 5. The number of methoxy groups -OCH3 is 1. The zero-order valence-electron chi connectivity index (χ0n) is 15.7. The summed E-state index contributed by atoms with van der Waals surface area (Å²) in [5, 5.41) is 1.17. The van der Waals surface area contributed by atoms with Crippen LogP contribution in [-0.2, 0) is 10.3 Å². The smallest absolute Gasteiger partial charge is 0.154 e. The quantitative estimate of drug-likeness (QED) is 0.586. The van der Waals surface area contributed by atoms with Gasteiger partial charge in [-0.25, -0.2) is 0 Å². The number of halogens is 1. The first-order valence-electron chi connectivity index (χ1n) is 8.75. The molecule has 5 nitrogen and oxygen atoms in total. The number of nitrogens with two attached hydrogens (primary N) is 1. The third kappa shape index (κ3) is 4.57. The largest absolute Gasteiger partial charge is 0.490 e. The Morgan fingerprint density at radius 1 is 1.41 bits per heavy atom. The second kappa shape index (κ2) is 8.50. The summed E-state index contributed by atoms with van der Waals surface area (Å²) in [5.41, 5.74) is 8.60. The first kappa shape index (κ1) is 20.0. The number of aliphatic imine (C=N–C) groups is 1. The van der Waals surface area contributed by atoms with E-state index in [4.69, 9.17) is 31.8 Å². The first-order valence-corrected chi connectivity index (χ1v) is 10.4. The highest BCUT2D eigenvalue weighted by molar-refractivity contribution is 8.13. The topological polar surface area (TPSA) is 69.7 Å². The Balaban J connectivity index is 2.05. The average molecular weight is 406 g/mol. The summed E-state index contributed by atoms with van der Waals surface area (Å²) in [7, 11) is 1.70. The fourth-order valence-corrected chi connectivity index (χ4v) is 3.85. The number of hydrogen-bond donors (Lipinski definition) is 1. The van der Waals surface area contributed by atoms with E-state index in [1.54, 1.807) is 19.5 Å². The van der Waals surface area contributed by atoms with Crippen molar-refractivity contribution in [2.45, 2.75) is 31.4 Å². The maximum absolute atomic E-state index is 6.22. The van der Waals surface area contributed by atoms with Gasteiger partial charge in [0.05, 0.1) is 10.6 Å². The molecule has 2 aromatic rings. The summed E-state index contributed by atoms with van der Waals surface area (Å²) in [6.45, 7) is 2.75. The van der Waals surface area contributed by atoms with Crippen LogP contribution in [0.3, 0.4) is 0 Å². The van der Waals surface area contributed by atoms with Gasteiger partial charge in [0.15, 0.2) is 5.17 Å². The summed E-state index contributed by atoms with van der Waals surface area (Å²) < 4.78 is 11.4. The van der Waals surface area contributed by atoms with Gasteiger partial charge in [0.25, 0.3) is 0 Å². The van der Waals surface area contributed by atoms with Crippen LogP contribution >= 0.6 is 23.4 Å². The van der Waals surface area contributed by atoms with E-state index < -0.39 is 5.54 Å². The van der Waals surface area contributed by atoms with Gasteiger partial charge < -0.3 is 15.2 Å². The van der Waals surface area contributed by atoms with E-state index in [2.05, 4.69) is 18.0 Å². The molecule has 0 bridgehead atoms. The molecule has 0 saturated heterocycles. The third-order valence-electron chi connectivity index (χ3n) is 4.73. The van der Waals surface area contributed by atoms with E-state index >= 15 is 0 Å². The molecule has 2 N–H and O–H groups in total. The number of ether oxygens (including phenoxy) is 2. The molecule has 2 atom stereocenters. The molecule has 0 radical (unpaired) electrons. The molecule has 7 heteroatoms. The van der Waals surface area contributed by atoms with Crippen LogP contribution in [0.5, 0.6) is 5.75 Å². The Kier molecular flexibility index (Phi) is 6.29. The minimum atomic E-state index is -0.471. The Morgan fingerprint density at radius 2 is 2.22 bits per heavy atom. The lowest BCUT2D eigenvalue weighted by molar-refractivity contribution is 0.0875. The van der Waals surface area contributed by atoms with Crippen LogP contribution < -0.4 is 10.5 Å². The van der Waals surface area contributed by atoms with Crippen LogP contribution in [0.4, 0.5) is 0 Å². The van der Waals surface area contributed by atoms with Crippen LogP contribution in [-0.4, -0.2) is 36.2 Å². The standard InChI is InChI=1S/C20H24ClN3O2S/c1-20(24-19(22)27-3)10-16(6-7-25-2)26-18-5-4-13(9-17(18)20)14-8-15(21)12-23-11-14/h4-5,8-9,11-12,16H,6-7,10H2,1-3H3,(H2,22,24). The SMILES string of the molecule is COCCC1CC(C)(N=C(N)SC)c2cc(-c3cncc(Cl)c3)ccc2O1. The number of amidine groups is 1. The van der Waals surface area contributed by atoms with Gasteiger partial charge in [-0.2, -0.15) is 0 Å². The van der Waals surface area contributed by atoms with Crippen molar-refractivity contribution in [1.29, 1.82) is 0 Å². The van der Waals surface area contributed by atoms with E-state index in [0.29, 0.717) is 16.8 Å². The number of thioether (sulfide) groups is 1. The third-order valence-corrected chi connectivity index (χ3v) is 5.44. The van der Waals surface area contributed by atoms with Gasteiger partial charge in [0.1, 0.15) is 11.9 Å². The van der Waals surface area contributed by atoms with Crippen LogP contribution in [0.2, 0.25) is 5.02 Å². The van der Waals surface area contributed by atoms with E-state index in [0.717, 1.165) is 35.3 Å². The van der Waals surface area contributed by atoms with Gasteiger partial charge in [0.2, 0.25) is 0 Å². The van der Waals surface area contributed by atoms with E-state index in [-0.39, 0.29) is 6.10 Å². The minimum Gasteiger partial charge on any atom is -0.490 e. The fraction of sp³-hybridized carbons (Fsp3) is 0.400. The Bertz CT molecular complexity index is 846. The van der Waals surface area contributed by atoms with Crippen LogP contribution in [0.25, 0.3) is 11.1 Å². The van der Waals surface area contributed by atoms with Crippen molar-refractivity contribution in [1.82, 2.24) is 4.98 Å². The molecule has 0 amide bonds. The summed E-state index contributed by atoms with van der Waals surface area (Å²) in [5.74, 6) is 0.834. The monoisotopic (exact) mass is 405 g/mol. The van der Waals surface area contributed by atoms with Crippen molar-refractivity contribution in [2.24, 2.45) is 10.7 Å². The highest BCUT2D eigenvalue weighted by Crippen LogP contribution is 2.44. The van der Waals surface area contributed by atoms with Crippen molar-refractivity contribution in [2.75, 3.05) is 20.0 Å². The molecular weight excluding hydrogens is 382 g/mol. The molecule has 1 aromatic heterocycles. The molecule has 0 aliphatic carbocycles. The van der Waals surface area contributed by atoms with Crippen molar-refractivity contribution in [3.8, 4) is 16.9 Å². The lowest BCUT2D eigenvalue weighted by Crippen LogP contribution is -2.37. The second-order valence-corrected chi connectivity index (χ2v) is 8.02. The second-order valence-electron chi connectivity index (χ2n) is 6.76. The molecule has 1 aliphatic rings. The van der Waals surface area contributed by atoms with Gasteiger partial charge in [-0.1, -0.05) is 29.4 Å². The lowest BCUT2D eigenvalue weighted by atomic mass is 9.82. The maximum atomic E-state index is 6.22. The molecule has 0 spiro atoms. The Labute approximate surface area is 169 Å². The van der Waals surface area contributed by atoms with Gasteiger partial charge in [-0.3, -0.25) is 9.98 Å². The number of pyridine rings is 1. The van der Waals surface area contributed by atoms with Crippen molar-refractivity contribution >= 4 is 28.5 Å². The number of fused-ring (bicyclic) bond motifs is 1. The van der Waals surface area contributed by atoms with E-state index in [1.165, 1.54) is 11.8 Å². The fourth-order valence-electron chi connectivity index (χ4n) is 3.38. The Morgan fingerprint density at radius 3 is 2.93 bits per heavy atom. The van der Waals surface area contributed by atoms with Crippen molar-refractivity contribution in [3.05, 3.63) is 47.2 Å². The van der Waals surface area contributed by atoms with Gasteiger partial charge >= 0.3 is 0 Å². The molecule has 0 saturated carbocycles. The first-order chi connectivity index (χ1) is 12.9. The zero-order chi connectivity index (χ0) is 19.4. The van der Waals surface area contributed by atoms with Crippen molar-refractivity contribution < 1.29 is 9.47 Å². The summed E-state index contributed by atoms with van der Waals surface area (Å²) in [6, 6.07) is 8.02. The summed E-state index contributed by atoms with van der Waals surface area (Å²) in [6.07, 6.45) is 6.93. The number of rotatable bonds is 5. The van der Waals surface area contributed by atoms with Gasteiger partial charge in [0, 0.05) is 50.1 Å². The summed E-state index contributed by atoms with van der Waals surface area (Å²) >= 11 is 7.56. The molecule has 1 aliphatic heterocycles. The molecule has 2 heterocycles. The normalized spacial score (nSPS) is 22.2. The highest BCUT2D eigenvalue weighted by Gasteiger charge is 2.38. The van der Waals surface area contributed by atoms with Crippen molar-refractivity contribution in [3.63, 3.8) is 0 Å². The number of aromatic nitrogens is 1. The Hall–Kier alpha value is -1.76. The minimum absolute atomic E-state index is 0.0274. The predicted molar refractivity (Wildman–Crippen MR) is 113 cm³/mol. The lowest BCUT2D eigenvalue weighted by Gasteiger charge is -2.38. The maximum Gasteiger partial charge on any atom is 0.154 e. The highest BCUT2D eigenvalue weighted by atomic mass is 35.5. The molecule has 27 heavy (non-hydrogen) atoms. The van der Waals surface area contributed by atoms with Crippen LogP contribution in [0.1, 0.15) is 25.3 Å². The van der Waals surface area contributed by atoms with Gasteiger partial charge in [-0.05, 0) is 36.9 Å². The summed E-state index contributed by atoms with van der Waals surface area (Å²) in [4.78, 5) is 9.02. The molecule has 0 fully saturated rings. The van der Waals surface area contributed by atoms with E-state index in [1.807, 2.05) is 24.5 Å². The predicted octanol–water partition coefficient (Wildman–Crippen LogP) is 4.48. The average Bonchev–Trinajstić information content (AvgIpc) is 2.66. The zero-order valence-corrected chi connectivity index (χ0v) is 17.3. The molecule has 2 unspecified atom stereocenters. The molecule has 3 rings (SSSR count). The molecule has 1 aromatic carbocycles. The molecule has 144 valence electrons. The van der Waals surface area contributed by atoms with Gasteiger partial charge in [-0.15, -0.1) is 0 Å².